The molecule has 4 nitrogen and oxygen atoms in total. The molecule has 1 aromatic rings. The topological polar surface area (TPSA) is 49.8 Å². The van der Waals surface area contributed by atoms with Crippen molar-refractivity contribution in [3.05, 3.63) is 41.1 Å². The van der Waals surface area contributed by atoms with Gasteiger partial charge >= 0.3 is 0 Å². The van der Waals surface area contributed by atoms with Crippen molar-refractivity contribution >= 4 is 17.5 Å². The highest BCUT2D eigenvalue weighted by atomic mass is 35.5. The van der Waals surface area contributed by atoms with Gasteiger partial charge < -0.3 is 14.7 Å². The summed E-state index contributed by atoms with van der Waals surface area (Å²) in [5.41, 5.74) is 1.03. The van der Waals surface area contributed by atoms with Crippen molar-refractivity contribution in [3.8, 4) is 5.75 Å². The lowest BCUT2D eigenvalue weighted by Gasteiger charge is -2.39. The van der Waals surface area contributed by atoms with Crippen LogP contribution in [0.5, 0.6) is 5.75 Å². The fourth-order valence-electron chi connectivity index (χ4n) is 2.59. The lowest BCUT2D eigenvalue weighted by atomic mass is 9.86. The lowest BCUT2D eigenvalue weighted by molar-refractivity contribution is -0.137. The summed E-state index contributed by atoms with van der Waals surface area (Å²) in [5.74, 6) is 0.978. The van der Waals surface area contributed by atoms with Gasteiger partial charge in [0.2, 0.25) is 5.91 Å². The highest BCUT2D eigenvalue weighted by Crippen LogP contribution is 2.34. The highest BCUT2D eigenvalue weighted by molar-refractivity contribution is 6.30. The molecule has 1 aliphatic heterocycles. The summed E-state index contributed by atoms with van der Waals surface area (Å²) in [4.78, 5) is 13.4. The fourth-order valence-corrected chi connectivity index (χ4v) is 2.76. The van der Waals surface area contributed by atoms with Crippen LogP contribution in [-0.4, -0.2) is 35.6 Å². The van der Waals surface area contributed by atoms with Crippen molar-refractivity contribution in [3.63, 3.8) is 0 Å². The number of rotatable bonds is 5. The van der Waals surface area contributed by atoms with Gasteiger partial charge in [0.1, 0.15) is 5.75 Å². The van der Waals surface area contributed by atoms with Gasteiger partial charge in [0, 0.05) is 29.6 Å². The smallest absolute Gasteiger partial charge is 0.230 e. The van der Waals surface area contributed by atoms with Crippen molar-refractivity contribution in [2.75, 3.05) is 19.7 Å². The Morgan fingerprint density at radius 2 is 2.09 bits per heavy atom. The zero-order chi connectivity index (χ0) is 17.2. The average molecular weight is 338 g/mol. The van der Waals surface area contributed by atoms with E-state index >= 15 is 0 Å². The van der Waals surface area contributed by atoms with E-state index in [1.165, 1.54) is 0 Å². The molecule has 0 aliphatic carbocycles. The zero-order valence-electron chi connectivity index (χ0n) is 13.9. The van der Waals surface area contributed by atoms with E-state index in [1.54, 1.807) is 4.90 Å². The first-order valence-corrected chi connectivity index (χ1v) is 8.12. The monoisotopic (exact) mass is 337 g/mol. The molecule has 0 aromatic heterocycles. The molecule has 1 heterocycles. The van der Waals surface area contributed by atoms with Gasteiger partial charge in [0.25, 0.3) is 0 Å². The van der Waals surface area contributed by atoms with Gasteiger partial charge in [-0.3, -0.25) is 4.79 Å². The average Bonchev–Trinajstić information content (AvgIpc) is 2.36. The van der Waals surface area contributed by atoms with Gasteiger partial charge in [-0.05, 0) is 23.6 Å². The van der Waals surface area contributed by atoms with E-state index in [2.05, 4.69) is 27.4 Å². The molecule has 5 heteroatoms. The predicted octanol–water partition coefficient (Wildman–Crippen LogP) is 3.94. The van der Waals surface area contributed by atoms with Crippen LogP contribution in [0.15, 0.2) is 30.5 Å². The van der Waals surface area contributed by atoms with Gasteiger partial charge in [-0.2, -0.15) is 0 Å². The molecule has 0 radical (unpaired) electrons. The van der Waals surface area contributed by atoms with Gasteiger partial charge in [0.05, 0.1) is 18.8 Å². The van der Waals surface area contributed by atoms with Crippen LogP contribution in [-0.2, 0) is 10.2 Å². The Labute approximate surface area is 142 Å². The van der Waals surface area contributed by atoms with Crippen LogP contribution in [0.25, 0.3) is 0 Å². The molecule has 0 unspecified atom stereocenters. The molecule has 23 heavy (non-hydrogen) atoms. The summed E-state index contributed by atoms with van der Waals surface area (Å²) in [5, 5.41) is 9.76. The fraction of sp³-hybridized carbons (Fsp3) is 0.500. The largest absolute Gasteiger partial charge is 0.512 e. The molecule has 1 aliphatic rings. The van der Waals surface area contributed by atoms with E-state index in [0.29, 0.717) is 30.6 Å². The molecule has 0 atom stereocenters. The number of aliphatic hydroxyl groups is 1. The number of hydrogen-bond donors (Lipinski definition) is 1. The maximum atomic E-state index is 11.7. The zero-order valence-corrected chi connectivity index (χ0v) is 14.7. The number of hydrogen-bond acceptors (Lipinski definition) is 3. The number of likely N-dealkylation sites (tertiary alicyclic amines) is 1. The number of carbonyl (C=O) groups is 1. The second-order valence-electron chi connectivity index (χ2n) is 7.11. The Balaban J connectivity index is 1.89. The van der Waals surface area contributed by atoms with Crippen molar-refractivity contribution in [1.82, 2.24) is 4.90 Å². The molecule has 1 amide bonds. The van der Waals surface area contributed by atoms with E-state index in [1.807, 2.05) is 18.2 Å². The van der Waals surface area contributed by atoms with Gasteiger partial charge in [-0.15, -0.1) is 0 Å². The third-order valence-corrected chi connectivity index (χ3v) is 4.12. The van der Waals surface area contributed by atoms with Gasteiger partial charge in [-0.1, -0.05) is 39.0 Å². The maximum absolute atomic E-state index is 11.7. The van der Waals surface area contributed by atoms with Crippen molar-refractivity contribution in [2.24, 2.45) is 5.92 Å². The normalized spacial score (nSPS) is 15.2. The third-order valence-electron chi connectivity index (χ3n) is 3.89. The minimum atomic E-state index is -0.0920. The first kappa shape index (κ1) is 17.7. The first-order chi connectivity index (χ1) is 10.7. The summed E-state index contributed by atoms with van der Waals surface area (Å²) < 4.78 is 5.97. The van der Waals surface area contributed by atoms with Crippen LogP contribution < -0.4 is 4.74 Å². The summed E-state index contributed by atoms with van der Waals surface area (Å²) in [7, 11) is 0. The minimum absolute atomic E-state index is 0.00106. The number of aliphatic hydroxyl groups excluding tert-OH is 1. The van der Waals surface area contributed by atoms with E-state index in [9.17, 15) is 4.79 Å². The molecule has 0 bridgehead atoms. The summed E-state index contributed by atoms with van der Waals surface area (Å²) in [6.45, 7) is 11.6. The molecule has 126 valence electrons. The highest BCUT2D eigenvalue weighted by Gasteiger charge is 2.31. The predicted molar refractivity (Wildman–Crippen MR) is 92.1 cm³/mol. The number of carbonyl (C=O) groups excluding carboxylic acids is 1. The molecule has 1 saturated heterocycles. The first-order valence-electron chi connectivity index (χ1n) is 7.74. The van der Waals surface area contributed by atoms with E-state index in [4.69, 9.17) is 21.4 Å². The Morgan fingerprint density at radius 3 is 2.65 bits per heavy atom. The maximum Gasteiger partial charge on any atom is 0.230 e. The second-order valence-corrected chi connectivity index (χ2v) is 7.55. The molecule has 1 fully saturated rings. The van der Waals surface area contributed by atoms with Crippen molar-refractivity contribution in [1.29, 1.82) is 0 Å². The summed E-state index contributed by atoms with van der Waals surface area (Å²) in [6.07, 6.45) is -0.00106. The van der Waals surface area contributed by atoms with Gasteiger partial charge in [-0.25, -0.2) is 0 Å². The minimum Gasteiger partial charge on any atom is -0.512 e. The Morgan fingerprint density at radius 1 is 1.43 bits per heavy atom. The Bertz CT molecular complexity index is 601. The number of halogens is 1. The number of benzene rings is 1. The Hall–Kier alpha value is -1.68. The molecular formula is C18H24ClNO3. The number of ether oxygens (including phenoxy) is 1. The molecule has 2 rings (SSSR count). The van der Waals surface area contributed by atoms with Gasteiger partial charge in [0.15, 0.2) is 0 Å². The van der Waals surface area contributed by atoms with E-state index in [0.717, 1.165) is 11.3 Å². The summed E-state index contributed by atoms with van der Waals surface area (Å²) >= 11 is 6.09. The standard InChI is InChI=1S/C18H24ClNO3/c1-12(21)7-17(22)20-9-13(10-20)11-23-16-6-5-14(19)8-15(16)18(2,3)4/h5-6,8,13,21H,1,7,9-11H2,2-4H3. The van der Waals surface area contributed by atoms with Crippen LogP contribution in [0.4, 0.5) is 0 Å². The van der Waals surface area contributed by atoms with E-state index in [-0.39, 0.29) is 23.5 Å². The molecule has 1 aromatic carbocycles. The SMILES string of the molecule is C=C(O)CC(=O)N1CC(COc2ccc(Cl)cc2C(C)(C)C)C1. The van der Waals surface area contributed by atoms with Crippen LogP contribution in [0.1, 0.15) is 32.8 Å². The van der Waals surface area contributed by atoms with Crippen LogP contribution in [0.2, 0.25) is 5.02 Å². The van der Waals surface area contributed by atoms with Crippen molar-refractivity contribution < 1.29 is 14.6 Å². The molecular weight excluding hydrogens is 314 g/mol. The quantitative estimate of drug-likeness (QED) is 0.828. The van der Waals surface area contributed by atoms with Crippen LogP contribution >= 0.6 is 11.6 Å². The Kier molecular flexibility index (Phi) is 5.25. The third kappa shape index (κ3) is 4.64. The second kappa shape index (κ2) is 6.83. The van der Waals surface area contributed by atoms with E-state index < -0.39 is 0 Å². The van der Waals surface area contributed by atoms with Crippen LogP contribution in [0, 0.1) is 5.92 Å². The lowest BCUT2D eigenvalue weighted by Crippen LogP contribution is -2.52. The molecule has 1 N–H and O–H groups in total. The number of amides is 1. The number of nitrogens with zero attached hydrogens (tertiary/aromatic N) is 1. The summed E-state index contributed by atoms with van der Waals surface area (Å²) in [6, 6.07) is 5.68. The molecule has 0 saturated carbocycles. The van der Waals surface area contributed by atoms with Crippen LogP contribution in [0.3, 0.4) is 0 Å². The molecule has 0 spiro atoms. The van der Waals surface area contributed by atoms with Crippen molar-refractivity contribution in [2.45, 2.75) is 32.6 Å².